The molecular formula is C16H25N3O2. The van der Waals surface area contributed by atoms with Crippen LogP contribution in [0.25, 0.3) is 0 Å². The summed E-state index contributed by atoms with van der Waals surface area (Å²) in [6, 6.07) is 4.76. The maximum Gasteiger partial charge on any atom is 0.340 e. The molecule has 0 aliphatic carbocycles. The third-order valence-electron chi connectivity index (χ3n) is 4.37. The number of carbonyl (C=O) groups is 1. The highest BCUT2D eigenvalue weighted by Crippen LogP contribution is 2.26. The molecule has 0 spiro atoms. The number of likely N-dealkylation sites (tertiary alicyclic amines) is 1. The number of hydrogen-bond acceptors (Lipinski definition) is 5. The smallest absolute Gasteiger partial charge is 0.340 e. The van der Waals surface area contributed by atoms with Gasteiger partial charge >= 0.3 is 5.97 Å². The van der Waals surface area contributed by atoms with E-state index in [1.54, 1.807) is 6.07 Å². The van der Waals surface area contributed by atoms with Crippen LogP contribution in [0, 0.1) is 6.92 Å². The molecule has 2 atom stereocenters. The van der Waals surface area contributed by atoms with Gasteiger partial charge in [-0.1, -0.05) is 0 Å². The van der Waals surface area contributed by atoms with E-state index in [1.165, 1.54) is 7.11 Å². The highest BCUT2D eigenvalue weighted by molar-refractivity contribution is 5.97. The topological polar surface area (TPSA) is 67.6 Å². The molecule has 5 heteroatoms. The number of rotatable bonds is 3. The Hall–Kier alpha value is -1.75. The lowest BCUT2D eigenvalue weighted by atomic mass is 9.98. The van der Waals surface area contributed by atoms with E-state index < -0.39 is 5.97 Å². The van der Waals surface area contributed by atoms with E-state index in [2.05, 4.69) is 24.2 Å². The lowest BCUT2D eigenvalue weighted by Gasteiger charge is -2.36. The first kappa shape index (κ1) is 15.6. The minimum Gasteiger partial charge on any atom is -0.465 e. The third kappa shape index (κ3) is 3.47. The second-order valence-corrected chi connectivity index (χ2v) is 5.94. The van der Waals surface area contributed by atoms with E-state index in [0.717, 1.165) is 30.6 Å². The van der Waals surface area contributed by atoms with Crippen LogP contribution in [0.3, 0.4) is 0 Å². The van der Waals surface area contributed by atoms with Gasteiger partial charge in [0.05, 0.1) is 12.7 Å². The predicted octanol–water partition coefficient (Wildman–Crippen LogP) is 2.26. The standard InChI is InChI=1S/C16H25N3O2/c1-10-7-13(9-14(15(10)17)16(20)21-4)18-12-5-6-19(3)11(2)8-12/h7,9,11-12,18H,5-6,8,17H2,1-4H3. The quantitative estimate of drug-likeness (QED) is 0.660. The molecule has 1 saturated heterocycles. The zero-order valence-corrected chi connectivity index (χ0v) is 13.3. The molecule has 5 nitrogen and oxygen atoms in total. The number of nitrogens with zero attached hydrogens (tertiary/aromatic N) is 1. The second kappa shape index (κ2) is 6.35. The Bertz CT molecular complexity index is 530. The number of nitrogen functional groups attached to an aromatic ring is 1. The highest BCUT2D eigenvalue weighted by Gasteiger charge is 2.23. The fourth-order valence-electron chi connectivity index (χ4n) is 2.82. The summed E-state index contributed by atoms with van der Waals surface area (Å²) in [6.45, 7) is 5.23. The van der Waals surface area contributed by atoms with Crippen molar-refractivity contribution in [2.45, 2.75) is 38.8 Å². The number of esters is 1. The molecule has 0 amide bonds. The van der Waals surface area contributed by atoms with Gasteiger partial charge in [-0.2, -0.15) is 0 Å². The molecule has 1 heterocycles. The lowest BCUT2D eigenvalue weighted by Crippen LogP contribution is -2.42. The molecule has 116 valence electrons. The molecule has 0 radical (unpaired) electrons. The van der Waals surface area contributed by atoms with E-state index in [4.69, 9.17) is 10.5 Å². The first-order chi connectivity index (χ1) is 9.92. The Labute approximate surface area is 126 Å². The maximum atomic E-state index is 11.8. The molecule has 1 aliphatic rings. The number of hydrogen-bond donors (Lipinski definition) is 2. The number of nitrogens with one attached hydrogen (secondary N) is 1. The Morgan fingerprint density at radius 2 is 2.19 bits per heavy atom. The first-order valence-corrected chi connectivity index (χ1v) is 7.37. The number of ether oxygens (including phenoxy) is 1. The van der Waals surface area contributed by atoms with E-state index in [0.29, 0.717) is 23.3 Å². The number of anilines is 2. The van der Waals surface area contributed by atoms with Crippen molar-refractivity contribution >= 4 is 17.3 Å². The number of piperidine rings is 1. The Kier molecular flexibility index (Phi) is 4.73. The van der Waals surface area contributed by atoms with E-state index >= 15 is 0 Å². The monoisotopic (exact) mass is 291 g/mol. The summed E-state index contributed by atoms with van der Waals surface area (Å²) in [5, 5.41) is 3.53. The molecule has 1 aliphatic heterocycles. The summed E-state index contributed by atoms with van der Waals surface area (Å²) >= 11 is 0. The van der Waals surface area contributed by atoms with Gasteiger partial charge < -0.3 is 20.7 Å². The van der Waals surface area contributed by atoms with Crippen molar-refractivity contribution in [3.8, 4) is 0 Å². The van der Waals surface area contributed by atoms with Crippen LogP contribution in [-0.4, -0.2) is 43.7 Å². The lowest BCUT2D eigenvalue weighted by molar-refractivity contribution is 0.0602. The first-order valence-electron chi connectivity index (χ1n) is 7.37. The molecule has 1 aromatic carbocycles. The fraction of sp³-hybridized carbons (Fsp3) is 0.562. The molecule has 0 saturated carbocycles. The molecule has 0 bridgehead atoms. The number of methoxy groups -OCH3 is 1. The Morgan fingerprint density at radius 3 is 2.81 bits per heavy atom. The molecule has 2 unspecified atom stereocenters. The SMILES string of the molecule is COC(=O)c1cc(NC2CCN(C)C(C)C2)cc(C)c1N. The molecule has 2 rings (SSSR count). The van der Waals surface area contributed by atoms with Crippen LogP contribution in [-0.2, 0) is 4.74 Å². The molecule has 1 aromatic rings. The van der Waals surface area contributed by atoms with Crippen molar-refractivity contribution in [2.75, 3.05) is 31.8 Å². The minimum atomic E-state index is -0.393. The predicted molar refractivity (Wildman–Crippen MR) is 85.7 cm³/mol. The van der Waals surface area contributed by atoms with Crippen molar-refractivity contribution in [1.82, 2.24) is 4.90 Å². The van der Waals surface area contributed by atoms with Gasteiger partial charge in [0, 0.05) is 30.0 Å². The van der Waals surface area contributed by atoms with E-state index in [-0.39, 0.29) is 0 Å². The summed E-state index contributed by atoms with van der Waals surface area (Å²) in [6.07, 6.45) is 2.19. The zero-order chi connectivity index (χ0) is 15.6. The van der Waals surface area contributed by atoms with Crippen LogP contribution in [0.2, 0.25) is 0 Å². The third-order valence-corrected chi connectivity index (χ3v) is 4.37. The molecule has 1 fully saturated rings. The molecular weight excluding hydrogens is 266 g/mol. The van der Waals surface area contributed by atoms with Crippen molar-refractivity contribution < 1.29 is 9.53 Å². The van der Waals surface area contributed by atoms with Gasteiger partial charge in [-0.05, 0) is 51.4 Å². The number of benzene rings is 1. The van der Waals surface area contributed by atoms with Gasteiger partial charge in [0.25, 0.3) is 0 Å². The van der Waals surface area contributed by atoms with Gasteiger partial charge in [0.2, 0.25) is 0 Å². The van der Waals surface area contributed by atoms with Crippen molar-refractivity contribution in [3.63, 3.8) is 0 Å². The summed E-state index contributed by atoms with van der Waals surface area (Å²) in [5.74, 6) is -0.393. The average molecular weight is 291 g/mol. The largest absolute Gasteiger partial charge is 0.465 e. The summed E-state index contributed by atoms with van der Waals surface area (Å²) in [4.78, 5) is 14.2. The normalized spacial score (nSPS) is 22.9. The molecule has 21 heavy (non-hydrogen) atoms. The van der Waals surface area contributed by atoms with Gasteiger partial charge in [0.1, 0.15) is 0 Å². The molecule has 3 N–H and O–H groups in total. The second-order valence-electron chi connectivity index (χ2n) is 5.94. The van der Waals surface area contributed by atoms with Gasteiger partial charge in [0.15, 0.2) is 0 Å². The van der Waals surface area contributed by atoms with Crippen LogP contribution in [0.15, 0.2) is 12.1 Å². The van der Waals surface area contributed by atoms with Gasteiger partial charge in [-0.3, -0.25) is 0 Å². The number of carbonyl (C=O) groups excluding carboxylic acids is 1. The van der Waals surface area contributed by atoms with Crippen LogP contribution < -0.4 is 11.1 Å². The van der Waals surface area contributed by atoms with Crippen LogP contribution >= 0.6 is 0 Å². The number of nitrogens with two attached hydrogens (primary N) is 1. The number of aryl methyl sites for hydroxylation is 1. The minimum absolute atomic E-state index is 0.393. The van der Waals surface area contributed by atoms with Crippen LogP contribution in [0.5, 0.6) is 0 Å². The average Bonchev–Trinajstić information content (AvgIpc) is 2.45. The van der Waals surface area contributed by atoms with Gasteiger partial charge in [-0.15, -0.1) is 0 Å². The van der Waals surface area contributed by atoms with Crippen molar-refractivity contribution in [2.24, 2.45) is 0 Å². The van der Waals surface area contributed by atoms with E-state index in [9.17, 15) is 4.79 Å². The van der Waals surface area contributed by atoms with Crippen LogP contribution in [0.4, 0.5) is 11.4 Å². The van der Waals surface area contributed by atoms with Crippen molar-refractivity contribution in [1.29, 1.82) is 0 Å². The van der Waals surface area contributed by atoms with Crippen LogP contribution in [0.1, 0.15) is 35.7 Å². The maximum absolute atomic E-state index is 11.8. The van der Waals surface area contributed by atoms with Gasteiger partial charge in [-0.25, -0.2) is 4.79 Å². The Morgan fingerprint density at radius 1 is 1.48 bits per heavy atom. The fourth-order valence-corrected chi connectivity index (χ4v) is 2.82. The van der Waals surface area contributed by atoms with E-state index in [1.807, 2.05) is 13.0 Å². The van der Waals surface area contributed by atoms with Crippen molar-refractivity contribution in [3.05, 3.63) is 23.3 Å². The summed E-state index contributed by atoms with van der Waals surface area (Å²) in [5.41, 5.74) is 8.71. The zero-order valence-electron chi connectivity index (χ0n) is 13.3. The molecule has 0 aromatic heterocycles. The summed E-state index contributed by atoms with van der Waals surface area (Å²) < 4.78 is 4.79. The Balaban J connectivity index is 2.17. The summed E-state index contributed by atoms with van der Waals surface area (Å²) in [7, 11) is 3.53. The highest BCUT2D eigenvalue weighted by atomic mass is 16.5.